The van der Waals surface area contributed by atoms with Crippen LogP contribution in [0.1, 0.15) is 51.9 Å². The number of aliphatic hydroxyl groups is 1. The summed E-state index contributed by atoms with van der Waals surface area (Å²) in [4.78, 5) is 30.0. The monoisotopic (exact) mass is 315 g/mol. The number of hydrogen-bond donors (Lipinski definition) is 1. The van der Waals surface area contributed by atoms with Crippen molar-refractivity contribution in [3.05, 3.63) is 0 Å². The molecule has 4 heteroatoms. The molecule has 124 valence electrons. The van der Waals surface area contributed by atoms with Gasteiger partial charge < -0.3 is 5.11 Å². The third-order valence-electron chi connectivity index (χ3n) is 8.30. The van der Waals surface area contributed by atoms with Crippen LogP contribution in [0, 0.1) is 34.0 Å². The van der Waals surface area contributed by atoms with Gasteiger partial charge in [-0.15, -0.1) is 0 Å². The summed E-state index contributed by atoms with van der Waals surface area (Å²) < 4.78 is 0. The van der Waals surface area contributed by atoms with Gasteiger partial charge in [0.25, 0.3) is 0 Å². The quantitative estimate of drug-likeness (QED) is 0.745. The van der Waals surface area contributed by atoms with Crippen LogP contribution < -0.4 is 0 Å². The fraction of sp³-hybridized carbons (Fsp3) is 0.842. The second kappa shape index (κ2) is 4.14. The van der Waals surface area contributed by atoms with Crippen molar-refractivity contribution in [3.63, 3.8) is 0 Å². The Morgan fingerprint density at radius 1 is 1.26 bits per heavy atom. The van der Waals surface area contributed by atoms with Gasteiger partial charge in [-0.1, -0.05) is 13.3 Å². The molecule has 5 fully saturated rings. The molecule has 1 N–H and O–H groups in total. The van der Waals surface area contributed by atoms with E-state index >= 15 is 0 Å². The van der Waals surface area contributed by atoms with Crippen LogP contribution in [0.25, 0.3) is 0 Å². The number of hydrogen-bond acceptors (Lipinski definition) is 4. The van der Waals surface area contributed by atoms with Gasteiger partial charge in [0, 0.05) is 42.3 Å². The van der Waals surface area contributed by atoms with Gasteiger partial charge in [0.1, 0.15) is 11.6 Å². The molecule has 5 saturated carbocycles. The van der Waals surface area contributed by atoms with Crippen molar-refractivity contribution in [1.29, 1.82) is 0 Å². The van der Waals surface area contributed by atoms with Crippen molar-refractivity contribution < 1.29 is 14.7 Å². The number of rotatable bonds is 0. The predicted molar refractivity (Wildman–Crippen MR) is 85.1 cm³/mol. The first kappa shape index (κ1) is 14.3. The first-order chi connectivity index (χ1) is 10.9. The second-order valence-corrected chi connectivity index (χ2v) is 9.18. The molecule has 0 amide bonds. The maximum absolute atomic E-state index is 12.9. The highest BCUT2D eigenvalue weighted by molar-refractivity contribution is 6.01. The summed E-state index contributed by atoms with van der Waals surface area (Å²) in [5.74, 6) is 0.340. The lowest BCUT2D eigenvalue weighted by molar-refractivity contribution is -0.207. The van der Waals surface area contributed by atoms with E-state index in [2.05, 4.69) is 13.1 Å². The lowest BCUT2D eigenvalue weighted by Crippen LogP contribution is -2.71. The number of aliphatic imine (C=N–C) groups is 1. The van der Waals surface area contributed by atoms with Gasteiger partial charge in [-0.25, -0.2) is 0 Å². The van der Waals surface area contributed by atoms with E-state index in [0.29, 0.717) is 12.3 Å². The highest BCUT2D eigenvalue weighted by Gasteiger charge is 2.72. The Kier molecular flexibility index (Phi) is 2.58. The average molecular weight is 315 g/mol. The highest BCUT2D eigenvalue weighted by atomic mass is 16.3. The fourth-order valence-corrected chi connectivity index (χ4v) is 7.46. The minimum atomic E-state index is -0.649. The molecule has 0 aromatic heterocycles. The first-order valence-corrected chi connectivity index (χ1v) is 9.18. The Morgan fingerprint density at radius 2 is 2.09 bits per heavy atom. The number of fused-ring (bicyclic) bond motifs is 2. The van der Waals surface area contributed by atoms with E-state index in [-0.39, 0.29) is 34.7 Å². The number of nitrogens with zero attached hydrogens (tertiary/aromatic N) is 1. The average Bonchev–Trinajstić information content (AvgIpc) is 2.48. The molecule has 5 aliphatic carbocycles. The molecule has 4 bridgehead atoms. The Morgan fingerprint density at radius 3 is 2.91 bits per heavy atom. The molecule has 1 heterocycles. The van der Waals surface area contributed by atoms with Crippen LogP contribution in [0.3, 0.4) is 0 Å². The zero-order chi connectivity index (χ0) is 16.0. The normalized spacial score (nSPS) is 57.1. The molecule has 0 radical (unpaired) electrons. The topological polar surface area (TPSA) is 66.7 Å². The van der Waals surface area contributed by atoms with E-state index in [9.17, 15) is 14.7 Å². The highest BCUT2D eigenvalue weighted by Crippen LogP contribution is 2.70. The van der Waals surface area contributed by atoms with Crippen LogP contribution in [0.4, 0.5) is 0 Å². The smallest absolute Gasteiger partial charge is 0.140 e. The second-order valence-electron chi connectivity index (χ2n) is 9.18. The largest absolute Gasteiger partial charge is 0.392 e. The van der Waals surface area contributed by atoms with Gasteiger partial charge in [-0.2, -0.15) is 0 Å². The van der Waals surface area contributed by atoms with Crippen molar-refractivity contribution in [1.82, 2.24) is 0 Å². The first-order valence-electron chi connectivity index (χ1n) is 9.18. The van der Waals surface area contributed by atoms with Crippen LogP contribution in [0.5, 0.6) is 0 Å². The standard InChI is InChI=1S/C19H25NO3/c1-17-4-2-5-19(10-20-9-17)13(17)3-6-18-8-12(21)11(7-14(18)22)15(23)16(18)19/h10-11,13,15-16,23H,2-9H2,1H3/t11?,13-,15?,16?,17?,18-,19?/m1/s1. The molecule has 7 atom stereocenters. The van der Waals surface area contributed by atoms with Crippen LogP contribution in [0.15, 0.2) is 4.99 Å². The molecule has 0 aromatic rings. The summed E-state index contributed by atoms with van der Waals surface area (Å²) >= 11 is 0. The van der Waals surface area contributed by atoms with Gasteiger partial charge in [0.05, 0.1) is 12.0 Å². The van der Waals surface area contributed by atoms with Crippen LogP contribution in [0.2, 0.25) is 0 Å². The van der Waals surface area contributed by atoms with Crippen molar-refractivity contribution in [2.45, 2.75) is 58.0 Å². The van der Waals surface area contributed by atoms with Crippen molar-refractivity contribution in [2.24, 2.45) is 39.0 Å². The molecule has 0 aromatic carbocycles. The molecule has 6 rings (SSSR count). The molecule has 0 saturated heterocycles. The Balaban J connectivity index is 1.71. The molecule has 6 aliphatic rings. The summed E-state index contributed by atoms with van der Waals surface area (Å²) in [5.41, 5.74) is -0.542. The van der Waals surface area contributed by atoms with Gasteiger partial charge in [-0.05, 0) is 37.0 Å². The van der Waals surface area contributed by atoms with E-state index in [1.807, 2.05) is 0 Å². The molecule has 5 unspecified atom stereocenters. The molecule has 4 nitrogen and oxygen atoms in total. The molecule has 23 heavy (non-hydrogen) atoms. The van der Waals surface area contributed by atoms with E-state index in [4.69, 9.17) is 4.99 Å². The SMILES string of the molecule is CC12CCCC3(C=NC1)C1C(O)C4CC(=O)[C@@]1(CC[C@H]23)CC4=O. The van der Waals surface area contributed by atoms with Crippen molar-refractivity contribution in [2.75, 3.05) is 6.54 Å². The number of Topliss-reactive ketones (excluding diaryl/α,β-unsaturated/α-hetero) is 2. The zero-order valence-electron chi connectivity index (χ0n) is 13.8. The van der Waals surface area contributed by atoms with Gasteiger partial charge >= 0.3 is 0 Å². The third kappa shape index (κ3) is 1.46. The summed E-state index contributed by atoms with van der Waals surface area (Å²) in [5, 5.41) is 11.1. The lowest BCUT2D eigenvalue weighted by atomic mass is 9.35. The summed E-state index contributed by atoms with van der Waals surface area (Å²) in [6.45, 7) is 3.23. The minimum Gasteiger partial charge on any atom is -0.392 e. The summed E-state index contributed by atoms with van der Waals surface area (Å²) in [6.07, 6.45) is 7.28. The number of carbonyl (C=O) groups excluding carboxylic acids is 2. The summed E-state index contributed by atoms with van der Waals surface area (Å²) in [7, 11) is 0. The third-order valence-corrected chi connectivity index (χ3v) is 8.30. The van der Waals surface area contributed by atoms with E-state index < -0.39 is 17.4 Å². The fourth-order valence-electron chi connectivity index (χ4n) is 7.46. The Hall–Kier alpha value is -1.03. The molecular weight excluding hydrogens is 290 g/mol. The number of aliphatic hydroxyl groups excluding tert-OH is 1. The number of ketones is 2. The van der Waals surface area contributed by atoms with E-state index in [1.54, 1.807) is 0 Å². The lowest BCUT2D eigenvalue weighted by Gasteiger charge is -2.68. The van der Waals surface area contributed by atoms with E-state index in [0.717, 1.165) is 32.2 Å². The van der Waals surface area contributed by atoms with Crippen LogP contribution >= 0.6 is 0 Å². The maximum atomic E-state index is 12.9. The molecule has 1 spiro atoms. The van der Waals surface area contributed by atoms with Crippen molar-refractivity contribution in [3.8, 4) is 0 Å². The minimum absolute atomic E-state index is 0.0821. The summed E-state index contributed by atoms with van der Waals surface area (Å²) in [6, 6.07) is 0. The Labute approximate surface area is 136 Å². The zero-order valence-corrected chi connectivity index (χ0v) is 13.8. The number of carbonyl (C=O) groups is 2. The molecule has 1 aliphatic heterocycles. The van der Waals surface area contributed by atoms with Gasteiger partial charge in [0.15, 0.2) is 0 Å². The molecular formula is C19H25NO3. The predicted octanol–water partition coefficient (Wildman–Crippen LogP) is 2.18. The Bertz CT molecular complexity index is 643. The van der Waals surface area contributed by atoms with Gasteiger partial charge in [-0.3, -0.25) is 14.6 Å². The maximum Gasteiger partial charge on any atom is 0.140 e. The van der Waals surface area contributed by atoms with E-state index in [1.165, 1.54) is 6.42 Å². The van der Waals surface area contributed by atoms with Gasteiger partial charge in [0.2, 0.25) is 0 Å². The van der Waals surface area contributed by atoms with Crippen molar-refractivity contribution >= 4 is 17.8 Å². The van der Waals surface area contributed by atoms with Crippen LogP contribution in [-0.4, -0.2) is 35.5 Å². The van der Waals surface area contributed by atoms with Crippen LogP contribution in [-0.2, 0) is 9.59 Å².